The Hall–Kier alpha value is -1.01. The topological polar surface area (TPSA) is 23.8 Å². The van der Waals surface area contributed by atoms with Crippen LogP contribution in [0.1, 0.15) is 19.8 Å². The smallest absolute Gasteiger partial charge is 0.136 e. The van der Waals surface area contributed by atoms with E-state index in [2.05, 4.69) is 13.0 Å². The molecule has 2 unspecified atom stereocenters. The number of hydrogen-bond donors (Lipinski definition) is 0. The fourth-order valence-corrected chi connectivity index (χ4v) is 3.16. The lowest BCUT2D eigenvalue weighted by Crippen LogP contribution is -2.03. The highest BCUT2D eigenvalue weighted by atomic mass is 32.2. The summed E-state index contributed by atoms with van der Waals surface area (Å²) in [6.07, 6.45) is 1.88. The van der Waals surface area contributed by atoms with E-state index in [9.17, 15) is 4.39 Å². The molecule has 78 valence electrons. The van der Waals surface area contributed by atoms with Crippen molar-refractivity contribution in [1.82, 2.24) is 0 Å². The van der Waals surface area contributed by atoms with Crippen LogP contribution < -0.4 is 0 Å². The molecule has 0 N–H and O–H groups in total. The van der Waals surface area contributed by atoms with Gasteiger partial charge in [-0.2, -0.15) is 5.26 Å². The first-order chi connectivity index (χ1) is 7.22. The van der Waals surface area contributed by atoms with E-state index >= 15 is 0 Å². The Labute approximate surface area is 93.3 Å². The molecule has 0 spiro atoms. The molecule has 0 bridgehead atoms. The summed E-state index contributed by atoms with van der Waals surface area (Å²) in [6.45, 7) is 2.08. The van der Waals surface area contributed by atoms with Crippen molar-refractivity contribution in [3.63, 3.8) is 0 Å². The van der Waals surface area contributed by atoms with Crippen LogP contribution in [0.15, 0.2) is 29.2 Å². The molecule has 1 aromatic rings. The van der Waals surface area contributed by atoms with Crippen molar-refractivity contribution in [2.24, 2.45) is 5.92 Å². The summed E-state index contributed by atoms with van der Waals surface area (Å²) in [4.78, 5) is 0.593. The van der Waals surface area contributed by atoms with Gasteiger partial charge in [0.25, 0.3) is 0 Å². The molecule has 0 radical (unpaired) electrons. The Morgan fingerprint density at radius 1 is 1.60 bits per heavy atom. The van der Waals surface area contributed by atoms with Gasteiger partial charge >= 0.3 is 0 Å². The summed E-state index contributed by atoms with van der Waals surface area (Å²) in [5, 5.41) is 9.12. The number of nitriles is 1. The van der Waals surface area contributed by atoms with Crippen LogP contribution in [0, 0.1) is 23.1 Å². The van der Waals surface area contributed by atoms with E-state index < -0.39 is 0 Å². The van der Waals surface area contributed by atoms with E-state index in [4.69, 9.17) is 5.26 Å². The molecule has 0 aromatic heterocycles. The fourth-order valence-electron chi connectivity index (χ4n) is 1.79. The van der Waals surface area contributed by atoms with Crippen LogP contribution >= 0.6 is 11.8 Å². The molecule has 1 aliphatic rings. The Morgan fingerprint density at radius 2 is 2.33 bits per heavy atom. The van der Waals surface area contributed by atoms with E-state index in [1.807, 2.05) is 0 Å². The molecule has 1 aromatic carbocycles. The van der Waals surface area contributed by atoms with Crippen LogP contribution in [0.5, 0.6) is 0 Å². The van der Waals surface area contributed by atoms with Gasteiger partial charge in [0, 0.05) is 4.90 Å². The maximum atomic E-state index is 13.4. The predicted octanol–water partition coefficient (Wildman–Crippen LogP) is 3.61. The molecule has 0 aliphatic heterocycles. The van der Waals surface area contributed by atoms with Crippen LogP contribution in [-0.4, -0.2) is 4.75 Å². The highest BCUT2D eigenvalue weighted by molar-refractivity contribution is 8.01. The van der Waals surface area contributed by atoms with Gasteiger partial charge in [-0.15, -0.1) is 11.8 Å². The van der Waals surface area contributed by atoms with Crippen molar-refractivity contribution in [2.75, 3.05) is 0 Å². The van der Waals surface area contributed by atoms with E-state index in [1.165, 1.54) is 17.8 Å². The lowest BCUT2D eigenvalue weighted by molar-refractivity contribution is 0.601. The molecular weight excluding hydrogens is 209 g/mol. The lowest BCUT2D eigenvalue weighted by atomic mass is 10.3. The molecule has 0 saturated heterocycles. The van der Waals surface area contributed by atoms with Gasteiger partial charge in [0.05, 0.1) is 6.07 Å². The first-order valence-electron chi connectivity index (χ1n) is 5.06. The van der Waals surface area contributed by atoms with Crippen LogP contribution in [0.2, 0.25) is 0 Å². The molecule has 1 saturated carbocycles. The average molecular weight is 221 g/mol. The predicted molar refractivity (Wildman–Crippen MR) is 59.0 cm³/mol. The van der Waals surface area contributed by atoms with Crippen molar-refractivity contribution in [1.29, 1.82) is 5.26 Å². The second kappa shape index (κ2) is 3.86. The van der Waals surface area contributed by atoms with Crippen molar-refractivity contribution in [2.45, 2.75) is 29.4 Å². The Bertz CT molecular complexity index is 412. The molecule has 1 nitrogen and oxygen atoms in total. The number of benzene rings is 1. The van der Waals surface area contributed by atoms with Crippen LogP contribution in [0.4, 0.5) is 4.39 Å². The molecular formula is C12H12FNS. The summed E-state index contributed by atoms with van der Waals surface area (Å²) in [7, 11) is 0. The largest absolute Gasteiger partial charge is 0.206 e. The summed E-state index contributed by atoms with van der Waals surface area (Å²) in [6, 6.07) is 8.98. The zero-order chi connectivity index (χ0) is 10.9. The van der Waals surface area contributed by atoms with Crippen molar-refractivity contribution < 1.29 is 4.39 Å². The van der Waals surface area contributed by atoms with Crippen molar-refractivity contribution in [3.05, 3.63) is 30.1 Å². The van der Waals surface area contributed by atoms with Crippen molar-refractivity contribution >= 4 is 11.8 Å². The minimum absolute atomic E-state index is 0.223. The number of rotatable bonds is 3. The summed E-state index contributed by atoms with van der Waals surface area (Å²) in [5.41, 5.74) is 0. The zero-order valence-corrected chi connectivity index (χ0v) is 9.35. The molecule has 1 fully saturated rings. The zero-order valence-electron chi connectivity index (χ0n) is 8.53. The highest BCUT2D eigenvalue weighted by Gasteiger charge is 2.54. The van der Waals surface area contributed by atoms with E-state index in [0.29, 0.717) is 10.8 Å². The molecule has 15 heavy (non-hydrogen) atoms. The minimum atomic E-state index is -0.364. The summed E-state index contributed by atoms with van der Waals surface area (Å²) >= 11 is 1.38. The lowest BCUT2D eigenvalue weighted by Gasteiger charge is -2.08. The van der Waals surface area contributed by atoms with Crippen LogP contribution in [-0.2, 0) is 0 Å². The SMILES string of the molecule is CCC1CC1(C#N)Sc1ccccc1F. The standard InChI is InChI=1S/C12H12FNS/c1-2-9-7-12(9,8-14)15-11-6-4-3-5-10(11)13/h3-6,9H,2,7H2,1H3. The summed E-state index contributed by atoms with van der Waals surface area (Å²) < 4.78 is 13.0. The average Bonchev–Trinajstić information content (AvgIpc) is 2.96. The molecule has 2 atom stereocenters. The Kier molecular flexibility index (Phi) is 2.70. The van der Waals surface area contributed by atoms with Gasteiger partial charge in [0.15, 0.2) is 0 Å². The number of hydrogen-bond acceptors (Lipinski definition) is 2. The number of nitrogens with zero attached hydrogens (tertiary/aromatic N) is 1. The van der Waals surface area contributed by atoms with E-state index in [1.54, 1.807) is 18.2 Å². The van der Waals surface area contributed by atoms with Gasteiger partial charge in [-0.1, -0.05) is 25.5 Å². The maximum Gasteiger partial charge on any atom is 0.136 e. The van der Waals surface area contributed by atoms with Gasteiger partial charge in [-0.3, -0.25) is 0 Å². The minimum Gasteiger partial charge on any atom is -0.206 e. The normalized spacial score (nSPS) is 28.5. The molecule has 0 amide bonds. The monoisotopic (exact) mass is 221 g/mol. The Morgan fingerprint density at radius 3 is 2.87 bits per heavy atom. The third kappa shape index (κ3) is 1.87. The van der Waals surface area contributed by atoms with Gasteiger partial charge in [-0.05, 0) is 24.5 Å². The van der Waals surface area contributed by atoms with Crippen molar-refractivity contribution in [3.8, 4) is 6.07 Å². The Balaban J connectivity index is 2.17. The second-order valence-corrected chi connectivity index (χ2v) is 5.22. The first kappa shape index (κ1) is 10.5. The first-order valence-corrected chi connectivity index (χ1v) is 5.88. The fraction of sp³-hybridized carbons (Fsp3) is 0.417. The third-order valence-electron chi connectivity index (χ3n) is 2.86. The second-order valence-electron chi connectivity index (χ2n) is 3.84. The van der Waals surface area contributed by atoms with Gasteiger partial charge < -0.3 is 0 Å². The highest BCUT2D eigenvalue weighted by Crippen LogP contribution is 2.58. The van der Waals surface area contributed by atoms with Crippen LogP contribution in [0.3, 0.4) is 0 Å². The van der Waals surface area contributed by atoms with Gasteiger partial charge in [0.1, 0.15) is 10.6 Å². The molecule has 0 heterocycles. The third-order valence-corrected chi connectivity index (χ3v) is 4.37. The van der Waals surface area contributed by atoms with E-state index in [-0.39, 0.29) is 10.6 Å². The van der Waals surface area contributed by atoms with Crippen LogP contribution in [0.25, 0.3) is 0 Å². The molecule has 1 aliphatic carbocycles. The number of halogens is 1. The maximum absolute atomic E-state index is 13.4. The van der Waals surface area contributed by atoms with Gasteiger partial charge in [0.2, 0.25) is 0 Å². The number of thioether (sulfide) groups is 1. The van der Waals surface area contributed by atoms with E-state index in [0.717, 1.165) is 12.8 Å². The van der Waals surface area contributed by atoms with Gasteiger partial charge in [-0.25, -0.2) is 4.39 Å². The summed E-state index contributed by atoms with van der Waals surface area (Å²) in [5.74, 6) is 0.200. The molecule has 2 rings (SSSR count). The quantitative estimate of drug-likeness (QED) is 0.778. The molecule has 3 heteroatoms.